The van der Waals surface area contributed by atoms with Gasteiger partial charge in [-0.2, -0.15) is 0 Å². The molecule has 1 aliphatic carbocycles. The van der Waals surface area contributed by atoms with Gasteiger partial charge in [0.15, 0.2) is 11.5 Å². The van der Waals surface area contributed by atoms with Crippen LogP contribution < -0.4 is 15.2 Å². The van der Waals surface area contributed by atoms with Gasteiger partial charge in [-0.3, -0.25) is 0 Å². The largest absolute Gasteiger partial charge is 0.459 e. The number of hydrogen-bond donors (Lipinski definition) is 1. The first-order chi connectivity index (χ1) is 9.74. The molecule has 0 aromatic heterocycles. The summed E-state index contributed by atoms with van der Waals surface area (Å²) in [4.78, 5) is 12.2. The fraction of sp³-hybridized carbons (Fsp3) is 0.533. The number of nitrogens with two attached hydrogens (primary N) is 1. The molecule has 0 radical (unpaired) electrons. The van der Waals surface area contributed by atoms with E-state index in [0.717, 1.165) is 25.7 Å². The van der Waals surface area contributed by atoms with E-state index in [4.69, 9.17) is 19.9 Å². The van der Waals surface area contributed by atoms with Gasteiger partial charge in [-0.15, -0.1) is 0 Å². The highest BCUT2D eigenvalue weighted by atomic mass is 16.7. The Kier molecular flexibility index (Phi) is 3.67. The van der Waals surface area contributed by atoms with Crippen molar-refractivity contribution in [3.8, 4) is 11.5 Å². The molecular weight excluding hydrogens is 258 g/mol. The molecule has 1 saturated carbocycles. The van der Waals surface area contributed by atoms with Crippen LogP contribution >= 0.6 is 0 Å². The Morgan fingerprint density at radius 1 is 1.10 bits per heavy atom. The highest BCUT2D eigenvalue weighted by molar-refractivity contribution is 5.96. The van der Waals surface area contributed by atoms with Gasteiger partial charge in [0.25, 0.3) is 0 Å². The number of ether oxygens (including phenoxy) is 3. The first-order valence-corrected chi connectivity index (χ1v) is 7.14. The number of carbonyl (C=O) groups excluding carboxylic acids is 1. The predicted molar refractivity (Wildman–Crippen MR) is 73.9 cm³/mol. The summed E-state index contributed by atoms with van der Waals surface area (Å²) in [5.74, 6) is 0.758. The van der Waals surface area contributed by atoms with E-state index in [9.17, 15) is 4.79 Å². The summed E-state index contributed by atoms with van der Waals surface area (Å²) in [6, 6.07) is 3.22. The molecule has 3 rings (SSSR count). The van der Waals surface area contributed by atoms with Crippen LogP contribution in [0.5, 0.6) is 11.5 Å². The second kappa shape index (κ2) is 5.61. The van der Waals surface area contributed by atoms with Crippen molar-refractivity contribution in [3.63, 3.8) is 0 Å². The second-order valence-electron chi connectivity index (χ2n) is 5.31. The zero-order valence-corrected chi connectivity index (χ0v) is 11.4. The van der Waals surface area contributed by atoms with Gasteiger partial charge in [0.2, 0.25) is 6.79 Å². The van der Waals surface area contributed by atoms with Gasteiger partial charge >= 0.3 is 5.97 Å². The van der Waals surface area contributed by atoms with E-state index < -0.39 is 0 Å². The molecule has 1 heterocycles. The van der Waals surface area contributed by atoms with Crippen LogP contribution in [0.3, 0.4) is 0 Å². The molecule has 1 aromatic carbocycles. The van der Waals surface area contributed by atoms with Crippen molar-refractivity contribution in [2.24, 2.45) is 0 Å². The molecule has 5 nitrogen and oxygen atoms in total. The van der Waals surface area contributed by atoms with Crippen LogP contribution in [0.1, 0.15) is 48.9 Å². The summed E-state index contributed by atoms with van der Waals surface area (Å²) in [5.41, 5.74) is 6.62. The third-order valence-corrected chi connectivity index (χ3v) is 3.84. The first-order valence-electron chi connectivity index (χ1n) is 7.14. The summed E-state index contributed by atoms with van der Waals surface area (Å²) >= 11 is 0. The quantitative estimate of drug-likeness (QED) is 0.511. The number of fused-ring (bicyclic) bond motifs is 1. The minimum atomic E-state index is -0.368. The van der Waals surface area contributed by atoms with Crippen molar-refractivity contribution in [1.29, 1.82) is 0 Å². The molecule has 0 atom stereocenters. The van der Waals surface area contributed by atoms with Gasteiger partial charge in [0.1, 0.15) is 6.10 Å². The highest BCUT2D eigenvalue weighted by Crippen LogP contribution is 2.36. The molecule has 108 valence electrons. The lowest BCUT2D eigenvalue weighted by atomic mass is 10.1. The number of esters is 1. The van der Waals surface area contributed by atoms with Crippen LogP contribution in [0, 0.1) is 0 Å². The van der Waals surface area contributed by atoms with Gasteiger partial charge < -0.3 is 19.9 Å². The number of nitrogen functional groups attached to an aromatic ring is 1. The fourth-order valence-electron chi connectivity index (χ4n) is 2.71. The van der Waals surface area contributed by atoms with E-state index in [2.05, 4.69) is 0 Å². The third-order valence-electron chi connectivity index (χ3n) is 3.84. The van der Waals surface area contributed by atoms with E-state index in [1.165, 1.54) is 12.8 Å². The summed E-state index contributed by atoms with van der Waals surface area (Å²) in [6.07, 6.45) is 6.57. The lowest BCUT2D eigenvalue weighted by Crippen LogP contribution is -2.18. The van der Waals surface area contributed by atoms with Crippen molar-refractivity contribution < 1.29 is 19.0 Å². The number of hydrogen-bond acceptors (Lipinski definition) is 5. The number of carbonyl (C=O) groups is 1. The summed E-state index contributed by atoms with van der Waals surface area (Å²) in [6.45, 7) is 0.163. The van der Waals surface area contributed by atoms with Crippen molar-refractivity contribution >= 4 is 11.7 Å². The monoisotopic (exact) mass is 277 g/mol. The van der Waals surface area contributed by atoms with Gasteiger partial charge in [-0.1, -0.05) is 12.8 Å². The van der Waals surface area contributed by atoms with E-state index in [1.54, 1.807) is 12.1 Å². The normalized spacial score (nSPS) is 18.6. The Morgan fingerprint density at radius 2 is 1.75 bits per heavy atom. The van der Waals surface area contributed by atoms with Crippen LogP contribution in [0.2, 0.25) is 0 Å². The van der Waals surface area contributed by atoms with Gasteiger partial charge in [0, 0.05) is 12.1 Å². The van der Waals surface area contributed by atoms with Gasteiger partial charge in [-0.25, -0.2) is 4.79 Å². The van der Waals surface area contributed by atoms with Gasteiger partial charge in [-0.05, 0) is 25.7 Å². The van der Waals surface area contributed by atoms with Crippen molar-refractivity contribution in [2.45, 2.75) is 44.6 Å². The molecule has 0 saturated heterocycles. The molecule has 1 fully saturated rings. The zero-order valence-electron chi connectivity index (χ0n) is 11.4. The van der Waals surface area contributed by atoms with Gasteiger partial charge in [0.05, 0.1) is 11.3 Å². The topological polar surface area (TPSA) is 70.8 Å². The Bertz CT molecular complexity index is 507. The minimum absolute atomic E-state index is 0.00910. The molecule has 0 unspecified atom stereocenters. The molecule has 2 aliphatic rings. The van der Waals surface area contributed by atoms with Crippen molar-refractivity contribution in [1.82, 2.24) is 0 Å². The molecule has 0 spiro atoms. The van der Waals surface area contributed by atoms with E-state index in [0.29, 0.717) is 22.7 Å². The maximum Gasteiger partial charge on any atom is 0.340 e. The smallest absolute Gasteiger partial charge is 0.340 e. The lowest BCUT2D eigenvalue weighted by Gasteiger charge is -2.16. The molecule has 0 amide bonds. The Morgan fingerprint density at radius 3 is 2.45 bits per heavy atom. The maximum atomic E-state index is 12.2. The highest BCUT2D eigenvalue weighted by Gasteiger charge is 2.23. The SMILES string of the molecule is Nc1cc2c(cc1C(=O)OC1CCCCCC1)OCO2. The lowest BCUT2D eigenvalue weighted by molar-refractivity contribution is 0.0268. The Hall–Kier alpha value is -1.91. The Labute approximate surface area is 118 Å². The predicted octanol–water partition coefficient (Wildman–Crippen LogP) is 2.88. The molecule has 2 N–H and O–H groups in total. The standard InChI is InChI=1S/C15H19NO4/c16-12-8-14-13(18-9-19-14)7-11(12)15(17)20-10-5-3-1-2-4-6-10/h7-8,10H,1-6,9,16H2. The molecule has 5 heteroatoms. The summed E-state index contributed by atoms with van der Waals surface area (Å²) in [7, 11) is 0. The number of rotatable bonds is 2. The number of anilines is 1. The van der Waals surface area contributed by atoms with E-state index in [-0.39, 0.29) is 18.9 Å². The summed E-state index contributed by atoms with van der Waals surface area (Å²) in [5, 5.41) is 0. The average molecular weight is 277 g/mol. The number of benzene rings is 1. The third kappa shape index (κ3) is 2.66. The van der Waals surface area contributed by atoms with Crippen LogP contribution in [0.4, 0.5) is 5.69 Å². The second-order valence-corrected chi connectivity index (χ2v) is 5.31. The average Bonchev–Trinajstić information content (AvgIpc) is 2.72. The zero-order chi connectivity index (χ0) is 13.9. The van der Waals surface area contributed by atoms with Crippen LogP contribution in [-0.2, 0) is 4.74 Å². The fourth-order valence-corrected chi connectivity index (χ4v) is 2.71. The molecule has 1 aromatic rings. The minimum Gasteiger partial charge on any atom is -0.459 e. The molecule has 20 heavy (non-hydrogen) atoms. The van der Waals surface area contributed by atoms with Crippen LogP contribution in [0.25, 0.3) is 0 Å². The molecule has 1 aliphatic heterocycles. The molecular formula is C15H19NO4. The van der Waals surface area contributed by atoms with E-state index >= 15 is 0 Å². The first kappa shape index (κ1) is 13.1. The molecule has 0 bridgehead atoms. The van der Waals surface area contributed by atoms with Crippen molar-refractivity contribution in [2.75, 3.05) is 12.5 Å². The maximum absolute atomic E-state index is 12.2. The van der Waals surface area contributed by atoms with E-state index in [1.807, 2.05) is 0 Å². The Balaban J connectivity index is 1.73. The van der Waals surface area contributed by atoms with Crippen LogP contribution in [0.15, 0.2) is 12.1 Å². The summed E-state index contributed by atoms with van der Waals surface area (Å²) < 4.78 is 16.1. The van der Waals surface area contributed by atoms with Crippen LogP contribution in [-0.4, -0.2) is 18.9 Å². The van der Waals surface area contributed by atoms with Crippen molar-refractivity contribution in [3.05, 3.63) is 17.7 Å².